The normalized spacial score (nSPS) is 16.0. The third kappa shape index (κ3) is 4.26. The Morgan fingerprint density at radius 1 is 1.17 bits per heavy atom. The quantitative estimate of drug-likeness (QED) is 0.764. The third-order valence-electron chi connectivity index (χ3n) is 4.10. The van der Waals surface area contributed by atoms with Crippen molar-refractivity contribution in [3.8, 4) is 0 Å². The number of halogens is 1. The van der Waals surface area contributed by atoms with Gasteiger partial charge in [-0.3, -0.25) is 4.90 Å². The average molecular weight is 380 g/mol. The second kappa shape index (κ2) is 7.83. The molecule has 0 spiro atoms. The predicted molar refractivity (Wildman–Crippen MR) is 92.2 cm³/mol. The van der Waals surface area contributed by atoms with Crippen LogP contribution < -0.4 is 4.90 Å². The highest BCUT2D eigenvalue weighted by Gasteiger charge is 2.20. The Morgan fingerprint density at radius 3 is 2.70 bits per heavy atom. The van der Waals surface area contributed by atoms with Crippen LogP contribution in [-0.4, -0.2) is 56.3 Å². The van der Waals surface area contributed by atoms with Crippen molar-refractivity contribution < 1.29 is 0 Å². The van der Waals surface area contributed by atoms with Crippen LogP contribution in [0, 0.1) is 0 Å². The first-order valence-electron chi connectivity index (χ1n) is 8.10. The molecule has 1 aliphatic heterocycles. The molecule has 7 nitrogen and oxygen atoms in total. The zero-order chi connectivity index (χ0) is 16.1. The molecule has 0 aromatic carbocycles. The number of unbranched alkanes of at least 4 members (excludes halogenated alkanes) is 1. The van der Waals surface area contributed by atoms with Crippen LogP contribution in [0.4, 0.5) is 5.82 Å². The van der Waals surface area contributed by atoms with Crippen LogP contribution >= 0.6 is 15.9 Å². The number of hydrogen-bond donors (Lipinski definition) is 0. The first-order valence-corrected chi connectivity index (χ1v) is 8.89. The summed E-state index contributed by atoms with van der Waals surface area (Å²) in [6.45, 7) is 7.85. The second-order valence-electron chi connectivity index (χ2n) is 5.77. The van der Waals surface area contributed by atoms with Crippen molar-refractivity contribution in [2.75, 3.05) is 31.1 Å². The molecular weight excluding hydrogens is 358 g/mol. The number of anilines is 1. The van der Waals surface area contributed by atoms with Crippen molar-refractivity contribution >= 4 is 21.7 Å². The lowest BCUT2D eigenvalue weighted by molar-refractivity contribution is 0.238. The van der Waals surface area contributed by atoms with E-state index in [1.165, 1.54) is 0 Å². The van der Waals surface area contributed by atoms with Gasteiger partial charge in [0.2, 0.25) is 0 Å². The maximum absolute atomic E-state index is 4.47. The monoisotopic (exact) mass is 379 g/mol. The Balaban J connectivity index is 1.53. The van der Waals surface area contributed by atoms with Crippen molar-refractivity contribution in [3.63, 3.8) is 0 Å². The van der Waals surface area contributed by atoms with Gasteiger partial charge < -0.3 is 4.90 Å². The minimum Gasteiger partial charge on any atom is -0.354 e. The van der Waals surface area contributed by atoms with E-state index in [2.05, 4.69) is 59.2 Å². The van der Waals surface area contributed by atoms with Gasteiger partial charge in [-0.1, -0.05) is 13.3 Å². The molecule has 0 amide bonds. The van der Waals surface area contributed by atoms with Gasteiger partial charge in [-0.25, -0.2) is 9.67 Å². The molecule has 1 fully saturated rings. The van der Waals surface area contributed by atoms with E-state index >= 15 is 0 Å². The largest absolute Gasteiger partial charge is 0.354 e. The van der Waals surface area contributed by atoms with E-state index in [-0.39, 0.29) is 0 Å². The van der Waals surface area contributed by atoms with Crippen molar-refractivity contribution in [2.24, 2.45) is 0 Å². The van der Waals surface area contributed by atoms with Gasteiger partial charge in [-0.2, -0.15) is 0 Å². The van der Waals surface area contributed by atoms with Crippen LogP contribution in [0.2, 0.25) is 0 Å². The first kappa shape index (κ1) is 16.3. The van der Waals surface area contributed by atoms with Gasteiger partial charge >= 0.3 is 0 Å². The fraction of sp³-hybridized carbons (Fsp3) is 0.600. The van der Waals surface area contributed by atoms with Crippen molar-refractivity contribution in [3.05, 3.63) is 28.6 Å². The predicted octanol–water partition coefficient (Wildman–Crippen LogP) is 1.95. The maximum atomic E-state index is 4.47. The number of aryl methyl sites for hydroxylation is 1. The summed E-state index contributed by atoms with van der Waals surface area (Å²) in [5, 5.41) is 12.1. The lowest BCUT2D eigenvalue weighted by atomic mass is 10.3. The molecule has 3 rings (SSSR count). The van der Waals surface area contributed by atoms with E-state index in [9.17, 15) is 0 Å². The van der Waals surface area contributed by atoms with Crippen molar-refractivity contribution in [1.29, 1.82) is 0 Å². The fourth-order valence-corrected chi connectivity index (χ4v) is 2.94. The summed E-state index contributed by atoms with van der Waals surface area (Å²) < 4.78 is 2.95. The third-order valence-corrected chi connectivity index (χ3v) is 4.57. The van der Waals surface area contributed by atoms with Crippen molar-refractivity contribution in [2.45, 2.75) is 32.9 Å². The van der Waals surface area contributed by atoms with Crippen LogP contribution in [0.1, 0.15) is 25.6 Å². The number of rotatable bonds is 6. The number of tetrazole rings is 1. The zero-order valence-corrected chi connectivity index (χ0v) is 15.0. The Bertz CT molecular complexity index is 605. The molecule has 2 aromatic heterocycles. The lowest BCUT2D eigenvalue weighted by Crippen LogP contribution is -2.46. The fourth-order valence-electron chi connectivity index (χ4n) is 2.71. The Kier molecular flexibility index (Phi) is 5.56. The Morgan fingerprint density at radius 2 is 2.00 bits per heavy atom. The average Bonchev–Trinajstić information content (AvgIpc) is 3.01. The molecule has 0 unspecified atom stereocenters. The van der Waals surface area contributed by atoms with Crippen molar-refractivity contribution in [1.82, 2.24) is 30.1 Å². The van der Waals surface area contributed by atoms with Gasteiger partial charge in [0.05, 0.1) is 6.54 Å². The van der Waals surface area contributed by atoms with E-state index in [1.54, 1.807) is 0 Å². The van der Waals surface area contributed by atoms with Gasteiger partial charge in [0, 0.05) is 43.4 Å². The number of piperazine rings is 1. The summed E-state index contributed by atoms with van der Waals surface area (Å²) in [5.41, 5.74) is 0. The molecule has 0 bridgehead atoms. The topological polar surface area (TPSA) is 63.0 Å². The molecule has 1 aliphatic rings. The van der Waals surface area contributed by atoms with E-state index in [4.69, 9.17) is 0 Å². The molecular formula is C15H22BrN7. The minimum absolute atomic E-state index is 0.818. The van der Waals surface area contributed by atoms with Gasteiger partial charge in [0.1, 0.15) is 5.82 Å². The second-order valence-corrected chi connectivity index (χ2v) is 6.69. The Labute approximate surface area is 144 Å². The van der Waals surface area contributed by atoms with Gasteiger partial charge in [0.25, 0.3) is 0 Å². The molecule has 0 saturated carbocycles. The number of nitrogens with zero attached hydrogens (tertiary/aromatic N) is 7. The van der Waals surface area contributed by atoms with Gasteiger partial charge in [0.15, 0.2) is 5.82 Å². The zero-order valence-electron chi connectivity index (χ0n) is 13.4. The van der Waals surface area contributed by atoms with Crippen LogP contribution in [-0.2, 0) is 13.1 Å². The van der Waals surface area contributed by atoms with Gasteiger partial charge in [-0.15, -0.1) is 5.10 Å². The number of aromatic nitrogens is 5. The summed E-state index contributed by atoms with van der Waals surface area (Å²) in [5.74, 6) is 2.01. The van der Waals surface area contributed by atoms with E-state index in [1.807, 2.05) is 16.9 Å². The molecule has 124 valence electrons. The van der Waals surface area contributed by atoms with E-state index < -0.39 is 0 Å². The standard InChI is InChI=1S/C15H22BrN7/c1-2-3-6-23-15(18-19-20-23)12-21-7-9-22(10-8-21)14-5-4-13(16)11-17-14/h4-5,11H,2-3,6-10,12H2,1H3. The Hall–Kier alpha value is -1.54. The number of hydrogen-bond acceptors (Lipinski definition) is 6. The first-order chi connectivity index (χ1) is 11.3. The van der Waals surface area contributed by atoms with Crippen LogP contribution in [0.15, 0.2) is 22.8 Å². The van der Waals surface area contributed by atoms with Gasteiger partial charge in [-0.05, 0) is 44.9 Å². The molecule has 0 aliphatic carbocycles. The smallest absolute Gasteiger partial charge is 0.165 e. The summed E-state index contributed by atoms with van der Waals surface area (Å²) in [6, 6.07) is 4.10. The molecule has 2 aromatic rings. The molecule has 8 heteroatoms. The maximum Gasteiger partial charge on any atom is 0.165 e. The molecule has 0 N–H and O–H groups in total. The van der Waals surface area contributed by atoms with E-state index in [0.717, 1.165) is 68.2 Å². The van der Waals surface area contributed by atoms with Crippen LogP contribution in [0.3, 0.4) is 0 Å². The minimum atomic E-state index is 0.818. The summed E-state index contributed by atoms with van der Waals surface area (Å²) in [7, 11) is 0. The van der Waals surface area contributed by atoms with E-state index in [0.29, 0.717) is 0 Å². The number of pyridine rings is 1. The summed E-state index contributed by atoms with van der Waals surface area (Å²) in [6.07, 6.45) is 4.11. The highest BCUT2D eigenvalue weighted by Crippen LogP contribution is 2.17. The molecule has 3 heterocycles. The summed E-state index contributed by atoms with van der Waals surface area (Å²) in [4.78, 5) is 9.20. The van der Waals surface area contributed by atoms with Crippen LogP contribution in [0.5, 0.6) is 0 Å². The molecule has 1 saturated heterocycles. The highest BCUT2D eigenvalue weighted by molar-refractivity contribution is 9.10. The van der Waals surface area contributed by atoms with Crippen LogP contribution in [0.25, 0.3) is 0 Å². The lowest BCUT2D eigenvalue weighted by Gasteiger charge is -2.35. The molecule has 23 heavy (non-hydrogen) atoms. The molecule has 0 radical (unpaired) electrons. The summed E-state index contributed by atoms with van der Waals surface area (Å²) >= 11 is 3.43. The molecule has 0 atom stereocenters. The SMILES string of the molecule is CCCCn1nnnc1CN1CCN(c2ccc(Br)cn2)CC1. The highest BCUT2D eigenvalue weighted by atomic mass is 79.9.